The van der Waals surface area contributed by atoms with Crippen molar-refractivity contribution in [1.82, 2.24) is 0 Å². The molecule has 1 nitrogen and oxygen atoms in total. The molecule has 0 aliphatic rings. The fraction of sp³-hybridized carbons (Fsp3) is 0.0625. The number of ether oxygens (including phenoxy) is 1. The lowest BCUT2D eigenvalue weighted by Gasteiger charge is -2.22. The molecule has 0 spiro atoms. The summed E-state index contributed by atoms with van der Waals surface area (Å²) in [5.74, 6) is 0.900. The van der Waals surface area contributed by atoms with Crippen LogP contribution in [0.2, 0.25) is 0 Å². The van der Waals surface area contributed by atoms with E-state index in [1.165, 1.54) is 32.6 Å². The highest BCUT2D eigenvalue weighted by molar-refractivity contribution is 7.79. The molecule has 0 aliphatic heterocycles. The maximum Gasteiger partial charge on any atom is 0.119 e. The molecule has 34 heavy (non-hydrogen) atoms. The van der Waals surface area contributed by atoms with Gasteiger partial charge in [-0.1, -0.05) is 127 Å². The zero-order valence-corrected chi connectivity index (χ0v) is 19.9. The average Bonchev–Trinajstić information content (AvgIpc) is 2.91. The van der Waals surface area contributed by atoms with E-state index in [0.29, 0.717) is 6.61 Å². The van der Waals surface area contributed by atoms with Crippen LogP contribution in [0.3, 0.4) is 0 Å². The lowest BCUT2D eigenvalue weighted by molar-refractivity contribution is 0.306. The highest BCUT2D eigenvalue weighted by Gasteiger charge is 2.19. The summed E-state index contributed by atoms with van der Waals surface area (Å²) in [6, 6.07) is 49.5. The second-order valence-electron chi connectivity index (χ2n) is 8.23. The molecule has 0 amide bonds. The normalized spacial score (nSPS) is 10.9. The summed E-state index contributed by atoms with van der Waals surface area (Å²) in [5, 5.41) is 4.17. The molecule has 5 aromatic carbocycles. The topological polar surface area (TPSA) is 9.23 Å². The predicted molar refractivity (Wildman–Crippen MR) is 145 cm³/mol. The molecule has 0 fully saturated rings. The molecule has 0 saturated carbocycles. The largest absolute Gasteiger partial charge is 0.489 e. The summed E-state index contributed by atoms with van der Waals surface area (Å²) in [5.41, 5.74) is 3.84. The SMILES string of the molecule is c1ccc(COc2ccc(Cc3ccccc3P(c3ccccc3)c3ccccc3)cc2)cc1. The Labute approximate surface area is 203 Å². The fourth-order valence-electron chi connectivity index (χ4n) is 4.12. The van der Waals surface area contributed by atoms with Crippen LogP contribution < -0.4 is 20.7 Å². The maximum absolute atomic E-state index is 5.98. The molecule has 0 atom stereocenters. The van der Waals surface area contributed by atoms with E-state index in [0.717, 1.165) is 12.2 Å². The smallest absolute Gasteiger partial charge is 0.119 e. The van der Waals surface area contributed by atoms with E-state index in [-0.39, 0.29) is 0 Å². The first-order valence-electron chi connectivity index (χ1n) is 11.6. The van der Waals surface area contributed by atoms with Gasteiger partial charge in [-0.15, -0.1) is 0 Å². The van der Waals surface area contributed by atoms with E-state index in [4.69, 9.17) is 4.74 Å². The van der Waals surface area contributed by atoms with Gasteiger partial charge in [-0.2, -0.15) is 0 Å². The summed E-state index contributed by atoms with van der Waals surface area (Å²) in [6.45, 7) is 0.585. The van der Waals surface area contributed by atoms with Gasteiger partial charge in [-0.25, -0.2) is 0 Å². The fourth-order valence-corrected chi connectivity index (χ4v) is 6.60. The van der Waals surface area contributed by atoms with E-state index < -0.39 is 7.92 Å². The summed E-state index contributed by atoms with van der Waals surface area (Å²) in [6.07, 6.45) is 0.896. The Morgan fingerprint density at radius 3 is 1.62 bits per heavy atom. The molecule has 2 heteroatoms. The van der Waals surface area contributed by atoms with Crippen LogP contribution in [-0.2, 0) is 13.0 Å². The molecule has 0 unspecified atom stereocenters. The molecule has 0 aliphatic carbocycles. The van der Waals surface area contributed by atoms with Crippen molar-refractivity contribution in [2.75, 3.05) is 0 Å². The van der Waals surface area contributed by atoms with Crippen LogP contribution in [0.5, 0.6) is 5.75 Å². The Balaban J connectivity index is 1.39. The van der Waals surface area contributed by atoms with Gasteiger partial charge in [0.1, 0.15) is 12.4 Å². The zero-order valence-electron chi connectivity index (χ0n) is 19.0. The van der Waals surface area contributed by atoms with Crippen LogP contribution in [0.25, 0.3) is 0 Å². The molecule has 5 rings (SSSR count). The molecule has 0 saturated heterocycles. The van der Waals surface area contributed by atoms with Crippen LogP contribution in [0.1, 0.15) is 16.7 Å². The quantitative estimate of drug-likeness (QED) is 0.238. The van der Waals surface area contributed by atoms with Gasteiger partial charge in [0.25, 0.3) is 0 Å². The van der Waals surface area contributed by atoms with Gasteiger partial charge in [0.2, 0.25) is 0 Å². The third-order valence-corrected chi connectivity index (χ3v) is 8.37. The van der Waals surface area contributed by atoms with Crippen molar-refractivity contribution in [3.05, 3.63) is 156 Å². The van der Waals surface area contributed by atoms with Crippen LogP contribution in [0, 0.1) is 0 Å². The summed E-state index contributed by atoms with van der Waals surface area (Å²) < 4.78 is 5.98. The van der Waals surface area contributed by atoms with E-state index in [1.54, 1.807) is 0 Å². The summed E-state index contributed by atoms with van der Waals surface area (Å²) in [4.78, 5) is 0. The Hall–Kier alpha value is -3.67. The van der Waals surface area contributed by atoms with E-state index in [2.05, 4.69) is 121 Å². The van der Waals surface area contributed by atoms with Crippen molar-refractivity contribution in [1.29, 1.82) is 0 Å². The van der Waals surface area contributed by atoms with Gasteiger partial charge in [0.05, 0.1) is 0 Å². The number of rotatable bonds is 8. The van der Waals surface area contributed by atoms with Gasteiger partial charge in [-0.3, -0.25) is 0 Å². The van der Waals surface area contributed by atoms with Gasteiger partial charge in [0.15, 0.2) is 0 Å². The Morgan fingerprint density at radius 1 is 0.471 bits per heavy atom. The second kappa shape index (κ2) is 11.0. The first-order valence-corrected chi connectivity index (χ1v) is 12.9. The highest BCUT2D eigenvalue weighted by Crippen LogP contribution is 2.34. The summed E-state index contributed by atoms with van der Waals surface area (Å²) in [7, 11) is -0.625. The van der Waals surface area contributed by atoms with E-state index >= 15 is 0 Å². The van der Waals surface area contributed by atoms with Crippen LogP contribution in [0.4, 0.5) is 0 Å². The Morgan fingerprint density at radius 2 is 1.00 bits per heavy atom. The minimum absolute atomic E-state index is 0.585. The van der Waals surface area contributed by atoms with Crippen molar-refractivity contribution in [3.8, 4) is 5.75 Å². The highest BCUT2D eigenvalue weighted by atomic mass is 31.1. The van der Waals surface area contributed by atoms with Crippen molar-refractivity contribution < 1.29 is 4.74 Å². The molecule has 0 bridgehead atoms. The average molecular weight is 459 g/mol. The van der Waals surface area contributed by atoms with Crippen molar-refractivity contribution in [3.63, 3.8) is 0 Å². The molecule has 166 valence electrons. The second-order valence-corrected chi connectivity index (χ2v) is 10.4. The third kappa shape index (κ3) is 5.45. The van der Waals surface area contributed by atoms with Gasteiger partial charge < -0.3 is 4.74 Å². The Bertz CT molecular complexity index is 1260. The summed E-state index contributed by atoms with van der Waals surface area (Å²) >= 11 is 0. The van der Waals surface area contributed by atoms with E-state index in [1.807, 2.05) is 18.2 Å². The van der Waals surface area contributed by atoms with Gasteiger partial charge >= 0.3 is 0 Å². The zero-order chi connectivity index (χ0) is 23.0. The standard InChI is InChI=1S/C32H27OP/c1-4-12-27(13-5-1)25-33-29-22-20-26(21-23-29)24-28-14-10-11-19-32(28)34(30-15-6-2-7-16-30)31-17-8-3-9-18-31/h1-23H,24-25H2. The van der Waals surface area contributed by atoms with Gasteiger partial charge in [-0.05, 0) is 59.1 Å². The van der Waals surface area contributed by atoms with Crippen molar-refractivity contribution >= 4 is 23.8 Å². The minimum atomic E-state index is -0.625. The van der Waals surface area contributed by atoms with Crippen molar-refractivity contribution in [2.24, 2.45) is 0 Å². The van der Waals surface area contributed by atoms with Crippen molar-refractivity contribution in [2.45, 2.75) is 13.0 Å². The van der Waals surface area contributed by atoms with Crippen LogP contribution in [0.15, 0.2) is 140 Å². The first kappa shape index (κ1) is 22.1. The Kier molecular flexibility index (Phi) is 7.14. The first-order chi connectivity index (χ1) is 16.9. The minimum Gasteiger partial charge on any atom is -0.489 e. The maximum atomic E-state index is 5.98. The molecule has 0 aromatic heterocycles. The predicted octanol–water partition coefficient (Wildman–Crippen LogP) is 6.61. The number of hydrogen-bond acceptors (Lipinski definition) is 1. The molecule has 0 heterocycles. The molecular weight excluding hydrogens is 431 g/mol. The molecule has 5 aromatic rings. The molecule has 0 radical (unpaired) electrons. The van der Waals surface area contributed by atoms with Crippen LogP contribution >= 0.6 is 7.92 Å². The number of hydrogen-bond donors (Lipinski definition) is 0. The van der Waals surface area contributed by atoms with Crippen LogP contribution in [-0.4, -0.2) is 0 Å². The molecular formula is C32H27OP. The van der Waals surface area contributed by atoms with E-state index in [9.17, 15) is 0 Å². The lowest BCUT2D eigenvalue weighted by atomic mass is 10.0. The number of benzene rings is 5. The monoisotopic (exact) mass is 458 g/mol. The third-order valence-electron chi connectivity index (χ3n) is 5.83. The lowest BCUT2D eigenvalue weighted by Crippen LogP contribution is -2.23. The van der Waals surface area contributed by atoms with Gasteiger partial charge in [0, 0.05) is 0 Å². The molecule has 0 N–H and O–H groups in total.